The van der Waals surface area contributed by atoms with Gasteiger partial charge in [-0.1, -0.05) is 43.4 Å². The monoisotopic (exact) mass is 814 g/mol. The Balaban J connectivity index is 0.803. The number of halogens is 1. The van der Waals surface area contributed by atoms with Gasteiger partial charge < -0.3 is 19.4 Å². The van der Waals surface area contributed by atoms with Gasteiger partial charge in [0.05, 0.1) is 27.4 Å². The first-order valence-corrected chi connectivity index (χ1v) is 20.9. The number of likely N-dealkylation sites (tertiary alicyclic amines) is 2. The molecule has 4 fully saturated rings. The van der Waals surface area contributed by atoms with Gasteiger partial charge in [0, 0.05) is 73.6 Å². The molecule has 5 amide bonds. The predicted molar refractivity (Wildman–Crippen MR) is 221 cm³/mol. The average Bonchev–Trinajstić information content (AvgIpc) is 3.49. The average molecular weight is 815 g/mol. The van der Waals surface area contributed by atoms with Crippen LogP contribution in [0.15, 0.2) is 60.7 Å². The van der Waals surface area contributed by atoms with Crippen LogP contribution in [0.3, 0.4) is 0 Å². The Morgan fingerprint density at radius 1 is 0.881 bits per heavy atom. The molecule has 3 aromatic rings. The van der Waals surface area contributed by atoms with Crippen LogP contribution in [0.4, 0.5) is 5.69 Å². The fourth-order valence-electron chi connectivity index (χ4n) is 9.26. The maximum Gasteiger partial charge on any atom is 0.264 e. The lowest BCUT2D eigenvalue weighted by atomic mass is 9.80. The highest BCUT2D eigenvalue weighted by molar-refractivity contribution is 6.31. The molecule has 0 bridgehead atoms. The zero-order valence-corrected chi connectivity index (χ0v) is 34.1. The Morgan fingerprint density at radius 3 is 2.31 bits per heavy atom. The Labute approximate surface area is 349 Å². The molecule has 4 saturated heterocycles. The molecule has 0 aliphatic carbocycles. The van der Waals surface area contributed by atoms with Gasteiger partial charge in [-0.3, -0.25) is 34.2 Å². The van der Waals surface area contributed by atoms with E-state index in [2.05, 4.69) is 46.9 Å². The Kier molecular flexibility index (Phi) is 11.2. The molecule has 2 unspecified atom stereocenters. The van der Waals surface area contributed by atoms with Gasteiger partial charge in [0.1, 0.15) is 24.0 Å². The number of fused-ring (bicyclic) bond motifs is 1. The molecule has 0 spiro atoms. The topological polar surface area (TPSA) is 143 Å². The third-order valence-corrected chi connectivity index (χ3v) is 12.9. The quantitative estimate of drug-likeness (QED) is 0.246. The van der Waals surface area contributed by atoms with Crippen molar-refractivity contribution in [2.75, 3.05) is 44.2 Å². The summed E-state index contributed by atoms with van der Waals surface area (Å²) in [6.45, 7) is 8.74. The van der Waals surface area contributed by atoms with Crippen LogP contribution in [0.25, 0.3) is 0 Å². The Bertz CT molecular complexity index is 2290. The number of ether oxygens (including phenoxy) is 1. The number of imide groups is 2. The molecular formula is C46H47ClN6O6. The Morgan fingerprint density at radius 2 is 1.63 bits per heavy atom. The molecule has 2 atom stereocenters. The molecule has 304 valence electrons. The maximum absolute atomic E-state index is 13.6. The molecule has 13 heteroatoms. The van der Waals surface area contributed by atoms with Crippen LogP contribution >= 0.6 is 11.6 Å². The second-order valence-corrected chi connectivity index (χ2v) is 17.3. The molecule has 1 N–H and O–H groups in total. The van der Waals surface area contributed by atoms with E-state index in [0.717, 1.165) is 68.0 Å². The minimum absolute atomic E-state index is 0.0108. The molecule has 12 nitrogen and oxygen atoms in total. The van der Waals surface area contributed by atoms with Crippen LogP contribution in [0.1, 0.15) is 101 Å². The summed E-state index contributed by atoms with van der Waals surface area (Å²) in [7, 11) is 0. The van der Waals surface area contributed by atoms with Gasteiger partial charge in [0.25, 0.3) is 17.7 Å². The summed E-state index contributed by atoms with van der Waals surface area (Å²) >= 11 is 6.22. The number of rotatable bonds is 6. The third-order valence-electron chi connectivity index (χ3n) is 12.6. The Hall–Kier alpha value is -5.69. The van der Waals surface area contributed by atoms with Gasteiger partial charge in [0.2, 0.25) is 11.8 Å². The number of carbonyl (C=O) groups is 5. The second kappa shape index (κ2) is 16.5. The van der Waals surface area contributed by atoms with Crippen LogP contribution in [-0.2, 0) is 9.59 Å². The number of benzene rings is 3. The zero-order chi connectivity index (χ0) is 41.4. The van der Waals surface area contributed by atoms with Crippen molar-refractivity contribution in [1.29, 1.82) is 5.26 Å². The van der Waals surface area contributed by atoms with Gasteiger partial charge in [-0.2, -0.15) is 5.26 Å². The van der Waals surface area contributed by atoms with Crippen LogP contribution in [0, 0.1) is 34.5 Å². The first kappa shape index (κ1) is 40.1. The van der Waals surface area contributed by atoms with Crippen molar-refractivity contribution in [1.82, 2.24) is 20.0 Å². The second-order valence-electron chi connectivity index (χ2n) is 16.9. The van der Waals surface area contributed by atoms with Crippen molar-refractivity contribution in [2.45, 2.75) is 77.0 Å². The van der Waals surface area contributed by atoms with Gasteiger partial charge in [0.15, 0.2) is 0 Å². The highest BCUT2D eigenvalue weighted by atomic mass is 35.5. The minimum Gasteiger partial charge on any atom is -0.490 e. The lowest BCUT2D eigenvalue weighted by Gasteiger charge is -2.44. The van der Waals surface area contributed by atoms with Gasteiger partial charge in [-0.15, -0.1) is 0 Å². The van der Waals surface area contributed by atoms with E-state index in [1.807, 2.05) is 35.2 Å². The highest BCUT2D eigenvalue weighted by Gasteiger charge is 2.46. The van der Waals surface area contributed by atoms with E-state index in [0.29, 0.717) is 64.5 Å². The van der Waals surface area contributed by atoms with E-state index in [4.69, 9.17) is 16.3 Å². The first-order chi connectivity index (χ1) is 28.4. The summed E-state index contributed by atoms with van der Waals surface area (Å²) in [5.74, 6) is 5.78. The molecule has 3 aromatic carbocycles. The lowest BCUT2D eigenvalue weighted by Crippen LogP contribution is -2.54. The SMILES string of the molecule is CC1(C)CN(C(=O)c2ccc(C#CC3CCN(C4CCN(c5cccc6c5C(=O)N(C5CCC(=O)NC5=O)C6=O)CC4)CC3)cc2)CCC1Oc1ccc(C#N)c(Cl)c1. The fraction of sp³-hybridized carbons (Fsp3) is 0.435. The summed E-state index contributed by atoms with van der Waals surface area (Å²) in [4.78, 5) is 72.4. The molecule has 0 saturated carbocycles. The van der Waals surface area contributed by atoms with Crippen molar-refractivity contribution < 1.29 is 28.7 Å². The number of nitriles is 1. The van der Waals surface area contributed by atoms with E-state index >= 15 is 0 Å². The lowest BCUT2D eigenvalue weighted by molar-refractivity contribution is -0.136. The molecule has 0 radical (unpaired) electrons. The van der Waals surface area contributed by atoms with Gasteiger partial charge in [-0.05, 0) is 93.7 Å². The van der Waals surface area contributed by atoms with Crippen LogP contribution in [-0.4, -0.2) is 102 Å². The van der Waals surface area contributed by atoms with Crippen LogP contribution in [0.5, 0.6) is 5.75 Å². The first-order valence-electron chi connectivity index (χ1n) is 20.5. The van der Waals surface area contributed by atoms with Crippen molar-refractivity contribution in [2.24, 2.45) is 11.3 Å². The van der Waals surface area contributed by atoms with E-state index < -0.39 is 29.7 Å². The standard InChI is InChI=1S/C46H47ClN6O6/c1-46(2)28-52(25-20-39(46)59-34-13-12-32(27-48)36(47)26-34)43(56)31-10-8-29(9-11-31)6-7-30-16-21-50(22-17-30)33-18-23-51(24-19-33)37-5-3-4-35-41(37)45(58)53(44(35)57)38-14-15-40(54)49-42(38)55/h3-5,8-13,26,30,33,38-39H,14-25,28H2,1-2H3,(H,49,54,55). The van der Waals surface area contributed by atoms with Crippen molar-refractivity contribution in [3.05, 3.63) is 93.5 Å². The summed E-state index contributed by atoms with van der Waals surface area (Å²) < 4.78 is 6.29. The number of anilines is 1. The molecule has 5 aliphatic rings. The molecular weight excluding hydrogens is 768 g/mol. The van der Waals surface area contributed by atoms with Crippen LogP contribution in [0.2, 0.25) is 5.02 Å². The summed E-state index contributed by atoms with van der Waals surface area (Å²) in [6.07, 6.45) is 4.61. The number of nitrogens with one attached hydrogen (secondary N) is 1. The number of hydrogen-bond donors (Lipinski definition) is 1. The van der Waals surface area contributed by atoms with Crippen molar-refractivity contribution in [3.63, 3.8) is 0 Å². The zero-order valence-electron chi connectivity index (χ0n) is 33.3. The third kappa shape index (κ3) is 8.17. The van der Waals surface area contributed by atoms with Crippen LogP contribution < -0.4 is 15.0 Å². The fourth-order valence-corrected chi connectivity index (χ4v) is 9.47. The van der Waals surface area contributed by atoms with E-state index in [1.54, 1.807) is 30.3 Å². The highest BCUT2D eigenvalue weighted by Crippen LogP contribution is 2.37. The normalized spacial score (nSPS) is 22.6. The summed E-state index contributed by atoms with van der Waals surface area (Å²) in [6, 6.07) is 19.5. The number of amides is 5. The predicted octanol–water partition coefficient (Wildman–Crippen LogP) is 5.67. The van der Waals surface area contributed by atoms with Gasteiger partial charge in [-0.25, -0.2) is 0 Å². The molecule has 8 rings (SSSR count). The van der Waals surface area contributed by atoms with E-state index in [9.17, 15) is 29.2 Å². The number of hydrogen-bond acceptors (Lipinski definition) is 9. The minimum atomic E-state index is -0.984. The molecule has 59 heavy (non-hydrogen) atoms. The summed E-state index contributed by atoms with van der Waals surface area (Å²) in [5.41, 5.74) is 3.01. The van der Waals surface area contributed by atoms with E-state index in [1.165, 1.54) is 0 Å². The van der Waals surface area contributed by atoms with Crippen molar-refractivity contribution >= 4 is 46.8 Å². The number of carbonyl (C=O) groups excluding carboxylic acids is 5. The summed E-state index contributed by atoms with van der Waals surface area (Å²) in [5, 5.41) is 11.8. The number of piperidine rings is 4. The number of nitrogens with zero attached hydrogens (tertiary/aromatic N) is 5. The molecule has 5 aliphatic heterocycles. The van der Waals surface area contributed by atoms with Gasteiger partial charge >= 0.3 is 0 Å². The molecule has 0 aromatic heterocycles. The smallest absolute Gasteiger partial charge is 0.264 e. The maximum atomic E-state index is 13.6. The van der Waals surface area contributed by atoms with Crippen molar-refractivity contribution in [3.8, 4) is 23.7 Å². The molecule has 5 heterocycles. The largest absolute Gasteiger partial charge is 0.490 e. The van der Waals surface area contributed by atoms with E-state index in [-0.39, 0.29) is 30.3 Å².